The van der Waals surface area contributed by atoms with Gasteiger partial charge in [-0.3, -0.25) is 4.79 Å². The highest BCUT2D eigenvalue weighted by molar-refractivity contribution is 6.40. The average molecular weight is 310 g/mol. The van der Waals surface area contributed by atoms with Crippen molar-refractivity contribution in [3.63, 3.8) is 0 Å². The Kier molecular flexibility index (Phi) is 4.99. The lowest BCUT2D eigenvalue weighted by Gasteiger charge is -2.19. The van der Waals surface area contributed by atoms with Crippen LogP contribution in [0.15, 0.2) is 48.5 Å². The van der Waals surface area contributed by atoms with E-state index in [2.05, 4.69) is 45.0 Å². The van der Waals surface area contributed by atoms with Crippen molar-refractivity contribution in [1.82, 2.24) is 0 Å². The van der Waals surface area contributed by atoms with Crippen LogP contribution in [0, 0.1) is 0 Å². The molecular weight excluding hydrogens is 288 g/mol. The number of ketones is 1. The van der Waals surface area contributed by atoms with E-state index in [9.17, 15) is 9.59 Å². The fourth-order valence-corrected chi connectivity index (χ4v) is 2.29. The summed E-state index contributed by atoms with van der Waals surface area (Å²) in [5.74, 6) is -1.42. The van der Waals surface area contributed by atoms with Crippen molar-refractivity contribution in [3.8, 4) is 11.1 Å². The maximum atomic E-state index is 11.9. The van der Waals surface area contributed by atoms with Gasteiger partial charge in [0.2, 0.25) is 0 Å². The predicted octanol–water partition coefficient (Wildman–Crippen LogP) is 4.40. The van der Waals surface area contributed by atoms with Gasteiger partial charge in [0.1, 0.15) is 0 Å². The molecule has 0 bridgehead atoms. The zero-order valence-corrected chi connectivity index (χ0v) is 14.1. The molecule has 0 atom stereocenters. The van der Waals surface area contributed by atoms with Gasteiger partial charge >= 0.3 is 5.97 Å². The van der Waals surface area contributed by atoms with Gasteiger partial charge in [0.15, 0.2) is 0 Å². The number of esters is 1. The van der Waals surface area contributed by atoms with Gasteiger partial charge in [0.05, 0.1) is 6.61 Å². The number of benzene rings is 2. The summed E-state index contributed by atoms with van der Waals surface area (Å²) < 4.78 is 4.73. The molecule has 0 aliphatic carbocycles. The molecule has 3 heteroatoms. The molecule has 120 valence electrons. The SMILES string of the molecule is CCOC(=O)C(=O)c1ccc(-c2ccc(C(C)(C)C)cc2)cc1. The van der Waals surface area contributed by atoms with E-state index >= 15 is 0 Å². The molecule has 0 saturated carbocycles. The lowest BCUT2D eigenvalue weighted by molar-refractivity contribution is -0.137. The first-order chi connectivity index (χ1) is 10.8. The fourth-order valence-electron chi connectivity index (χ4n) is 2.29. The van der Waals surface area contributed by atoms with Crippen LogP contribution in [0.5, 0.6) is 0 Å². The van der Waals surface area contributed by atoms with Crippen LogP contribution in [0.2, 0.25) is 0 Å². The summed E-state index contributed by atoms with van der Waals surface area (Å²) in [5.41, 5.74) is 3.82. The monoisotopic (exact) mass is 310 g/mol. The third-order valence-corrected chi connectivity index (χ3v) is 3.69. The number of hydrogen-bond donors (Lipinski definition) is 0. The summed E-state index contributed by atoms with van der Waals surface area (Å²) in [6.45, 7) is 8.41. The van der Waals surface area contributed by atoms with Gasteiger partial charge in [-0.2, -0.15) is 0 Å². The topological polar surface area (TPSA) is 43.4 Å². The second-order valence-electron chi connectivity index (χ2n) is 6.45. The molecule has 0 saturated heterocycles. The van der Waals surface area contributed by atoms with Crippen LogP contribution in [-0.2, 0) is 14.9 Å². The minimum Gasteiger partial charge on any atom is -0.460 e. The van der Waals surface area contributed by atoms with E-state index in [1.165, 1.54) is 5.56 Å². The van der Waals surface area contributed by atoms with Crippen molar-refractivity contribution < 1.29 is 14.3 Å². The summed E-state index contributed by atoms with van der Waals surface area (Å²) in [6.07, 6.45) is 0. The van der Waals surface area contributed by atoms with Gasteiger partial charge in [0, 0.05) is 5.56 Å². The minimum absolute atomic E-state index is 0.119. The molecule has 0 amide bonds. The standard InChI is InChI=1S/C20H22O3/c1-5-23-19(22)18(21)16-8-6-14(7-9-16)15-10-12-17(13-11-15)20(2,3)4/h6-13H,5H2,1-4H3. The van der Waals surface area contributed by atoms with Crippen molar-refractivity contribution >= 4 is 11.8 Å². The molecule has 3 nitrogen and oxygen atoms in total. The Balaban J connectivity index is 2.19. The summed E-state index contributed by atoms with van der Waals surface area (Å²) in [5, 5.41) is 0. The second-order valence-corrected chi connectivity index (χ2v) is 6.45. The van der Waals surface area contributed by atoms with Crippen molar-refractivity contribution in [2.75, 3.05) is 6.61 Å². The highest BCUT2D eigenvalue weighted by atomic mass is 16.5. The highest BCUT2D eigenvalue weighted by Crippen LogP contribution is 2.26. The van der Waals surface area contributed by atoms with E-state index < -0.39 is 11.8 Å². The molecular formula is C20H22O3. The number of ether oxygens (including phenoxy) is 1. The zero-order valence-electron chi connectivity index (χ0n) is 14.1. The van der Waals surface area contributed by atoms with E-state index in [-0.39, 0.29) is 12.0 Å². The van der Waals surface area contributed by atoms with Crippen LogP contribution < -0.4 is 0 Å². The Morgan fingerprint density at radius 3 is 1.78 bits per heavy atom. The molecule has 0 N–H and O–H groups in total. The summed E-state index contributed by atoms with van der Waals surface area (Å²) >= 11 is 0. The summed E-state index contributed by atoms with van der Waals surface area (Å²) in [7, 11) is 0. The third kappa shape index (κ3) is 4.07. The zero-order chi connectivity index (χ0) is 17.0. The first-order valence-electron chi connectivity index (χ1n) is 7.75. The third-order valence-electron chi connectivity index (χ3n) is 3.69. The van der Waals surface area contributed by atoms with Crippen molar-refractivity contribution in [3.05, 3.63) is 59.7 Å². The van der Waals surface area contributed by atoms with E-state index in [1.54, 1.807) is 19.1 Å². The van der Waals surface area contributed by atoms with Crippen LogP contribution in [-0.4, -0.2) is 18.4 Å². The number of Topliss-reactive ketones (excluding diaryl/α,β-unsaturated/α-hetero) is 1. The summed E-state index contributed by atoms with van der Waals surface area (Å²) in [4.78, 5) is 23.3. The normalized spacial score (nSPS) is 11.1. The lowest BCUT2D eigenvalue weighted by Crippen LogP contribution is -2.17. The van der Waals surface area contributed by atoms with E-state index in [4.69, 9.17) is 4.74 Å². The largest absolute Gasteiger partial charge is 0.460 e. The van der Waals surface area contributed by atoms with E-state index in [1.807, 2.05) is 12.1 Å². The number of carbonyl (C=O) groups excluding carboxylic acids is 2. The van der Waals surface area contributed by atoms with Crippen molar-refractivity contribution in [2.24, 2.45) is 0 Å². The van der Waals surface area contributed by atoms with Gasteiger partial charge in [-0.15, -0.1) is 0 Å². The molecule has 0 spiro atoms. The fraction of sp³-hybridized carbons (Fsp3) is 0.300. The Labute approximate surface area is 137 Å². The Morgan fingerprint density at radius 2 is 1.35 bits per heavy atom. The second kappa shape index (κ2) is 6.78. The molecule has 0 heterocycles. The van der Waals surface area contributed by atoms with Crippen molar-refractivity contribution in [2.45, 2.75) is 33.1 Å². The molecule has 0 aromatic heterocycles. The Bertz CT molecular complexity index is 689. The maximum absolute atomic E-state index is 11.9. The molecule has 2 aromatic rings. The van der Waals surface area contributed by atoms with Crippen LogP contribution in [0.4, 0.5) is 0 Å². The van der Waals surface area contributed by atoms with Gasteiger partial charge < -0.3 is 4.74 Å². The van der Waals surface area contributed by atoms with Crippen LogP contribution in [0.3, 0.4) is 0 Å². The van der Waals surface area contributed by atoms with Gasteiger partial charge in [0.25, 0.3) is 5.78 Å². The van der Waals surface area contributed by atoms with Gasteiger partial charge in [-0.25, -0.2) is 4.79 Å². The Morgan fingerprint density at radius 1 is 0.870 bits per heavy atom. The van der Waals surface area contributed by atoms with Crippen molar-refractivity contribution in [1.29, 1.82) is 0 Å². The number of rotatable bonds is 4. The molecule has 2 aromatic carbocycles. The smallest absolute Gasteiger partial charge is 0.379 e. The molecule has 0 aliphatic rings. The quantitative estimate of drug-likeness (QED) is 0.477. The Hall–Kier alpha value is -2.42. The van der Waals surface area contributed by atoms with Gasteiger partial charge in [-0.1, -0.05) is 69.3 Å². The average Bonchev–Trinajstić information content (AvgIpc) is 2.54. The van der Waals surface area contributed by atoms with Crippen LogP contribution in [0.1, 0.15) is 43.6 Å². The molecule has 2 rings (SSSR count). The van der Waals surface area contributed by atoms with Gasteiger partial charge in [-0.05, 0) is 29.0 Å². The minimum atomic E-state index is -0.810. The molecule has 0 unspecified atom stereocenters. The highest BCUT2D eigenvalue weighted by Gasteiger charge is 2.17. The molecule has 0 fully saturated rings. The maximum Gasteiger partial charge on any atom is 0.379 e. The molecule has 0 radical (unpaired) electrons. The van der Waals surface area contributed by atoms with E-state index in [0.29, 0.717) is 5.56 Å². The van der Waals surface area contributed by atoms with Crippen LogP contribution in [0.25, 0.3) is 11.1 Å². The summed E-state index contributed by atoms with van der Waals surface area (Å²) in [6, 6.07) is 15.4. The number of carbonyl (C=O) groups is 2. The predicted molar refractivity (Wildman–Crippen MR) is 91.5 cm³/mol. The molecule has 23 heavy (non-hydrogen) atoms. The lowest BCUT2D eigenvalue weighted by atomic mass is 9.86. The van der Waals surface area contributed by atoms with Crippen LogP contribution >= 0.6 is 0 Å². The van der Waals surface area contributed by atoms with E-state index in [0.717, 1.165) is 11.1 Å². The first kappa shape index (κ1) is 16.9. The molecule has 0 aliphatic heterocycles. The number of hydrogen-bond acceptors (Lipinski definition) is 3. The first-order valence-corrected chi connectivity index (χ1v) is 7.75.